The summed E-state index contributed by atoms with van der Waals surface area (Å²) in [7, 11) is 0. The maximum Gasteiger partial charge on any atom is 0.250 e. The molecule has 1 aromatic carbocycles. The predicted octanol–water partition coefficient (Wildman–Crippen LogP) is 4.26. The molecular weight excluding hydrogens is 296 g/mol. The fourth-order valence-electron chi connectivity index (χ4n) is 3.88. The lowest BCUT2D eigenvalue weighted by atomic mass is 9.99. The number of nitrogens with one attached hydrogen (secondary N) is 2. The maximum atomic E-state index is 9.76. The quantitative estimate of drug-likeness (QED) is 0.709. The van der Waals surface area contributed by atoms with Crippen LogP contribution in [0.1, 0.15) is 56.6 Å². The highest BCUT2D eigenvalue weighted by molar-refractivity contribution is 5.77. The minimum absolute atomic E-state index is 0.306. The summed E-state index contributed by atoms with van der Waals surface area (Å²) in [6.45, 7) is 4.29. The molecule has 0 saturated heterocycles. The highest BCUT2D eigenvalue weighted by atomic mass is 15.1. The number of hydrogen-bond acceptors (Lipinski definition) is 2. The van der Waals surface area contributed by atoms with Gasteiger partial charge in [-0.25, -0.2) is 0 Å². The van der Waals surface area contributed by atoms with Crippen molar-refractivity contribution in [2.45, 2.75) is 51.5 Å². The highest BCUT2D eigenvalue weighted by Crippen LogP contribution is 2.28. The normalized spacial score (nSPS) is 15.4. The Labute approximate surface area is 142 Å². The molecule has 1 aliphatic rings. The molecule has 4 heteroatoms. The van der Waals surface area contributed by atoms with Crippen LogP contribution in [0.25, 0.3) is 16.7 Å². The van der Waals surface area contributed by atoms with Gasteiger partial charge in [-0.3, -0.25) is 4.98 Å². The van der Waals surface area contributed by atoms with Crippen LogP contribution in [0.15, 0.2) is 30.3 Å². The third-order valence-corrected chi connectivity index (χ3v) is 5.12. The number of rotatable bonds is 3. The second-order valence-corrected chi connectivity index (χ2v) is 7.08. The summed E-state index contributed by atoms with van der Waals surface area (Å²) in [5, 5.41) is 13.5. The molecule has 2 aromatic heterocycles. The van der Waals surface area contributed by atoms with Crippen molar-refractivity contribution in [2.24, 2.45) is 0 Å². The summed E-state index contributed by atoms with van der Waals surface area (Å²) in [5.74, 6) is 1.40. The Balaban J connectivity index is 2.02. The van der Waals surface area contributed by atoms with Gasteiger partial charge in [0, 0.05) is 6.07 Å². The summed E-state index contributed by atoms with van der Waals surface area (Å²) < 4.78 is 2.18. The Hall–Kier alpha value is -2.54. The lowest BCUT2D eigenvalue weighted by molar-refractivity contribution is -0.465. The van der Waals surface area contributed by atoms with Gasteiger partial charge in [-0.05, 0) is 49.3 Å². The van der Waals surface area contributed by atoms with Crippen LogP contribution in [0, 0.1) is 11.3 Å². The third kappa shape index (κ3) is 2.32. The number of pyridine rings is 1. The highest BCUT2D eigenvalue weighted by Gasteiger charge is 2.25. The molecule has 0 unspecified atom stereocenters. The SMILES string of the molecule is CC(C)c1cc(NC2CCCC2)[n+]2c([nH]c3ccccc32)c1C#N. The van der Waals surface area contributed by atoms with Crippen LogP contribution in [0.3, 0.4) is 0 Å². The van der Waals surface area contributed by atoms with Crippen molar-refractivity contribution in [3.05, 3.63) is 41.5 Å². The molecule has 1 aliphatic carbocycles. The summed E-state index contributed by atoms with van der Waals surface area (Å²) in [5.41, 5.74) is 4.91. The number of hydrogen-bond donors (Lipinski definition) is 2. The van der Waals surface area contributed by atoms with Gasteiger partial charge in [-0.1, -0.05) is 26.0 Å². The van der Waals surface area contributed by atoms with E-state index in [0.717, 1.165) is 33.6 Å². The van der Waals surface area contributed by atoms with Gasteiger partial charge in [-0.15, -0.1) is 0 Å². The van der Waals surface area contributed by atoms with E-state index in [0.29, 0.717) is 12.0 Å². The maximum absolute atomic E-state index is 9.76. The Morgan fingerprint density at radius 3 is 2.71 bits per heavy atom. The molecule has 0 spiro atoms. The van der Waals surface area contributed by atoms with E-state index in [2.05, 4.69) is 52.8 Å². The number of fused-ring (bicyclic) bond motifs is 3. The van der Waals surface area contributed by atoms with Crippen LogP contribution in [0.4, 0.5) is 5.82 Å². The lowest BCUT2D eigenvalue weighted by Gasteiger charge is -2.14. The van der Waals surface area contributed by atoms with Crippen molar-refractivity contribution in [2.75, 3.05) is 5.32 Å². The second-order valence-electron chi connectivity index (χ2n) is 7.08. The van der Waals surface area contributed by atoms with E-state index in [9.17, 15) is 5.26 Å². The first-order chi connectivity index (χ1) is 11.7. The Bertz CT molecular complexity index is 940. The zero-order valence-corrected chi connectivity index (χ0v) is 14.3. The smallest absolute Gasteiger partial charge is 0.250 e. The Morgan fingerprint density at radius 2 is 2.00 bits per heavy atom. The third-order valence-electron chi connectivity index (χ3n) is 5.12. The fraction of sp³-hybridized carbons (Fsp3) is 0.400. The van der Waals surface area contributed by atoms with Gasteiger partial charge in [0.2, 0.25) is 11.5 Å². The van der Waals surface area contributed by atoms with E-state index < -0.39 is 0 Å². The molecular formula is C20H23N4+. The Kier molecular flexibility index (Phi) is 3.65. The van der Waals surface area contributed by atoms with Gasteiger partial charge in [0.1, 0.15) is 22.7 Å². The molecule has 0 radical (unpaired) electrons. The van der Waals surface area contributed by atoms with Crippen molar-refractivity contribution in [3.63, 3.8) is 0 Å². The van der Waals surface area contributed by atoms with E-state index in [1.54, 1.807) is 0 Å². The van der Waals surface area contributed by atoms with E-state index in [-0.39, 0.29) is 0 Å². The average Bonchev–Trinajstić information content (AvgIpc) is 3.21. The summed E-state index contributed by atoms with van der Waals surface area (Å²) >= 11 is 0. The average molecular weight is 319 g/mol. The van der Waals surface area contributed by atoms with Crippen LogP contribution in [-0.2, 0) is 0 Å². The zero-order valence-electron chi connectivity index (χ0n) is 14.3. The van der Waals surface area contributed by atoms with Crippen molar-refractivity contribution in [1.29, 1.82) is 5.26 Å². The number of imidazole rings is 1. The largest absolute Gasteiger partial charge is 0.303 e. The summed E-state index contributed by atoms with van der Waals surface area (Å²) in [6, 6.07) is 13.4. The minimum Gasteiger partial charge on any atom is -0.303 e. The van der Waals surface area contributed by atoms with Gasteiger partial charge < -0.3 is 5.32 Å². The van der Waals surface area contributed by atoms with Crippen molar-refractivity contribution < 1.29 is 4.40 Å². The Morgan fingerprint density at radius 1 is 1.25 bits per heavy atom. The van der Waals surface area contributed by atoms with Gasteiger partial charge in [0.25, 0.3) is 0 Å². The van der Waals surface area contributed by atoms with E-state index in [1.165, 1.54) is 25.7 Å². The standard InChI is InChI=1S/C20H22N4/c1-13(2)15-11-19(22-14-7-3-4-8-14)24-18-10-6-5-9-17(18)23-20(24)16(15)12-21/h5-6,9-11,13-14H,3-4,7-8H2,1-2H3,(H,22,23)/p+1. The van der Waals surface area contributed by atoms with Crippen LogP contribution >= 0.6 is 0 Å². The molecule has 0 amide bonds. The van der Waals surface area contributed by atoms with Crippen molar-refractivity contribution in [1.82, 2.24) is 4.98 Å². The number of nitriles is 1. The second kappa shape index (κ2) is 5.83. The molecule has 2 N–H and O–H groups in total. The van der Waals surface area contributed by atoms with E-state index in [1.807, 2.05) is 12.1 Å². The van der Waals surface area contributed by atoms with E-state index >= 15 is 0 Å². The number of aromatic nitrogens is 2. The summed E-state index contributed by atoms with van der Waals surface area (Å²) in [6.07, 6.45) is 5.04. The number of benzene rings is 1. The fourth-order valence-corrected chi connectivity index (χ4v) is 3.88. The number of para-hydroxylation sites is 2. The molecule has 1 fully saturated rings. The van der Waals surface area contributed by atoms with Gasteiger partial charge >= 0.3 is 0 Å². The van der Waals surface area contributed by atoms with Gasteiger partial charge in [0.15, 0.2) is 0 Å². The summed E-state index contributed by atoms with van der Waals surface area (Å²) in [4.78, 5) is 3.46. The molecule has 2 heterocycles. The number of nitrogens with zero attached hydrogens (tertiary/aromatic N) is 2. The van der Waals surface area contributed by atoms with Crippen LogP contribution in [0.2, 0.25) is 0 Å². The van der Waals surface area contributed by atoms with E-state index in [4.69, 9.17) is 0 Å². The first-order valence-corrected chi connectivity index (χ1v) is 8.85. The molecule has 0 atom stereocenters. The van der Waals surface area contributed by atoms with Crippen LogP contribution in [0.5, 0.6) is 0 Å². The molecule has 24 heavy (non-hydrogen) atoms. The first kappa shape index (κ1) is 15.0. The molecule has 4 rings (SSSR count). The van der Waals surface area contributed by atoms with Crippen LogP contribution in [-0.4, -0.2) is 11.0 Å². The molecule has 4 nitrogen and oxygen atoms in total. The molecule has 0 aliphatic heterocycles. The minimum atomic E-state index is 0.306. The molecule has 122 valence electrons. The molecule has 3 aromatic rings. The number of anilines is 1. The van der Waals surface area contributed by atoms with Crippen LogP contribution < -0.4 is 9.72 Å². The predicted molar refractivity (Wildman–Crippen MR) is 96.1 cm³/mol. The van der Waals surface area contributed by atoms with Gasteiger partial charge in [-0.2, -0.15) is 9.66 Å². The first-order valence-electron chi connectivity index (χ1n) is 8.85. The monoisotopic (exact) mass is 319 g/mol. The lowest BCUT2D eigenvalue weighted by Crippen LogP contribution is -2.31. The zero-order chi connectivity index (χ0) is 16.7. The van der Waals surface area contributed by atoms with Crippen molar-refractivity contribution in [3.8, 4) is 6.07 Å². The topological polar surface area (TPSA) is 55.7 Å². The number of aromatic amines is 1. The number of H-pyrrole nitrogens is 1. The van der Waals surface area contributed by atoms with Gasteiger partial charge in [0.05, 0.1) is 6.04 Å². The van der Waals surface area contributed by atoms with Crippen molar-refractivity contribution >= 4 is 22.5 Å². The molecule has 0 bridgehead atoms. The molecule has 1 saturated carbocycles.